The number of H-pyrrole nitrogens is 1. The van der Waals surface area contributed by atoms with Crippen molar-refractivity contribution in [1.29, 1.82) is 0 Å². The molecular formula is C14H15N5O. The Kier molecular flexibility index (Phi) is 2.90. The maximum absolute atomic E-state index is 12.1. The first-order valence-electron chi connectivity index (χ1n) is 6.26. The van der Waals surface area contributed by atoms with Gasteiger partial charge in [0, 0.05) is 36.0 Å². The van der Waals surface area contributed by atoms with Crippen molar-refractivity contribution in [1.82, 2.24) is 19.9 Å². The number of nitrogen functional groups attached to an aromatic ring is 1. The fourth-order valence-electron chi connectivity index (χ4n) is 2.09. The van der Waals surface area contributed by atoms with E-state index in [9.17, 15) is 4.79 Å². The van der Waals surface area contributed by atoms with E-state index in [1.54, 1.807) is 18.3 Å². The predicted molar refractivity (Wildman–Crippen MR) is 77.1 cm³/mol. The normalized spacial score (nSPS) is 10.8. The van der Waals surface area contributed by atoms with Gasteiger partial charge in [0.2, 0.25) is 0 Å². The summed E-state index contributed by atoms with van der Waals surface area (Å²) in [6.45, 7) is 0.389. The van der Waals surface area contributed by atoms with E-state index in [2.05, 4.69) is 15.3 Å². The second kappa shape index (κ2) is 4.73. The first-order valence-corrected chi connectivity index (χ1v) is 6.26. The molecule has 4 N–H and O–H groups in total. The molecule has 3 rings (SSSR count). The Balaban J connectivity index is 1.77. The van der Waals surface area contributed by atoms with Gasteiger partial charge in [0.25, 0.3) is 5.91 Å². The van der Waals surface area contributed by atoms with Gasteiger partial charge in [-0.05, 0) is 24.3 Å². The lowest BCUT2D eigenvalue weighted by molar-refractivity contribution is 0.0945. The van der Waals surface area contributed by atoms with Crippen molar-refractivity contribution >= 4 is 22.5 Å². The van der Waals surface area contributed by atoms with E-state index in [4.69, 9.17) is 5.73 Å². The number of benzene rings is 1. The number of carbonyl (C=O) groups excluding carboxylic acids is 1. The second-order valence-electron chi connectivity index (χ2n) is 4.67. The molecule has 0 atom stereocenters. The van der Waals surface area contributed by atoms with Gasteiger partial charge >= 0.3 is 0 Å². The van der Waals surface area contributed by atoms with E-state index in [0.717, 1.165) is 16.7 Å². The summed E-state index contributed by atoms with van der Waals surface area (Å²) >= 11 is 0. The van der Waals surface area contributed by atoms with Gasteiger partial charge in [-0.2, -0.15) is 0 Å². The number of nitrogens with two attached hydrogens (primary N) is 1. The van der Waals surface area contributed by atoms with E-state index in [-0.39, 0.29) is 5.91 Å². The van der Waals surface area contributed by atoms with Crippen LogP contribution in [0, 0.1) is 0 Å². The summed E-state index contributed by atoms with van der Waals surface area (Å²) in [4.78, 5) is 19.3. The number of imidazole rings is 1. The zero-order valence-corrected chi connectivity index (χ0v) is 11.1. The number of nitrogens with one attached hydrogen (secondary N) is 2. The maximum Gasteiger partial charge on any atom is 0.268 e. The van der Waals surface area contributed by atoms with Gasteiger partial charge < -0.3 is 20.6 Å². The maximum atomic E-state index is 12.1. The van der Waals surface area contributed by atoms with Crippen LogP contribution in [-0.2, 0) is 13.6 Å². The molecule has 102 valence electrons. The zero-order chi connectivity index (χ0) is 14.1. The Morgan fingerprint density at radius 3 is 3.05 bits per heavy atom. The van der Waals surface area contributed by atoms with Gasteiger partial charge in [-0.15, -0.1) is 0 Å². The van der Waals surface area contributed by atoms with Crippen LogP contribution in [0.1, 0.15) is 16.3 Å². The van der Waals surface area contributed by atoms with Crippen molar-refractivity contribution in [3.8, 4) is 0 Å². The van der Waals surface area contributed by atoms with E-state index in [1.165, 1.54) is 0 Å². The van der Waals surface area contributed by atoms with E-state index < -0.39 is 0 Å². The van der Waals surface area contributed by atoms with Crippen LogP contribution in [0.3, 0.4) is 0 Å². The highest BCUT2D eigenvalue weighted by Crippen LogP contribution is 2.18. The number of fused-ring (bicyclic) bond motifs is 1. The van der Waals surface area contributed by atoms with E-state index in [1.807, 2.05) is 29.9 Å². The molecule has 0 saturated carbocycles. The van der Waals surface area contributed by atoms with Crippen molar-refractivity contribution in [2.24, 2.45) is 7.05 Å². The third kappa shape index (κ3) is 2.23. The Morgan fingerprint density at radius 1 is 1.45 bits per heavy atom. The summed E-state index contributed by atoms with van der Waals surface area (Å²) in [5, 5.41) is 3.76. The number of hydrogen-bond acceptors (Lipinski definition) is 3. The lowest BCUT2D eigenvalue weighted by Gasteiger charge is -2.03. The molecule has 2 heterocycles. The minimum atomic E-state index is -0.164. The third-order valence-electron chi connectivity index (χ3n) is 3.22. The first kappa shape index (κ1) is 12.3. The molecule has 0 saturated heterocycles. The largest absolute Gasteiger partial charge is 0.399 e. The molecule has 2 aromatic heterocycles. The average Bonchev–Trinajstić information content (AvgIpc) is 3.01. The van der Waals surface area contributed by atoms with Crippen LogP contribution in [0.4, 0.5) is 5.69 Å². The zero-order valence-electron chi connectivity index (χ0n) is 11.1. The highest BCUT2D eigenvalue weighted by atomic mass is 16.1. The van der Waals surface area contributed by atoms with E-state index >= 15 is 0 Å². The Morgan fingerprint density at radius 2 is 2.30 bits per heavy atom. The number of hydrogen-bond donors (Lipinski definition) is 3. The third-order valence-corrected chi connectivity index (χ3v) is 3.22. The molecule has 0 bridgehead atoms. The number of rotatable bonds is 3. The summed E-state index contributed by atoms with van der Waals surface area (Å²) in [5.74, 6) is 0.640. The van der Waals surface area contributed by atoms with Crippen LogP contribution in [0.5, 0.6) is 0 Å². The Hall–Kier alpha value is -2.76. The lowest BCUT2D eigenvalue weighted by atomic mass is 10.2. The molecular weight excluding hydrogens is 254 g/mol. The highest BCUT2D eigenvalue weighted by molar-refractivity contribution is 5.98. The van der Waals surface area contributed by atoms with Gasteiger partial charge in [-0.3, -0.25) is 4.79 Å². The molecule has 3 aromatic rings. The summed E-state index contributed by atoms with van der Waals surface area (Å²) in [6.07, 6.45) is 3.54. The fraction of sp³-hybridized carbons (Fsp3) is 0.143. The smallest absolute Gasteiger partial charge is 0.268 e. The van der Waals surface area contributed by atoms with Gasteiger partial charge in [0.1, 0.15) is 11.5 Å². The van der Waals surface area contributed by atoms with Crippen molar-refractivity contribution in [3.05, 3.63) is 48.2 Å². The molecule has 0 radical (unpaired) electrons. The SMILES string of the molecule is Cn1ccnc1CNC(=O)c1cc2cc(N)ccc2[nH]1. The number of aromatic amines is 1. The molecule has 0 aliphatic carbocycles. The molecule has 0 aliphatic rings. The van der Waals surface area contributed by atoms with Crippen molar-refractivity contribution in [2.75, 3.05) is 5.73 Å². The van der Waals surface area contributed by atoms with Crippen molar-refractivity contribution in [2.45, 2.75) is 6.54 Å². The number of nitrogens with zero attached hydrogens (tertiary/aromatic N) is 2. The quantitative estimate of drug-likeness (QED) is 0.628. The minimum absolute atomic E-state index is 0.164. The number of anilines is 1. The average molecular weight is 269 g/mol. The van der Waals surface area contributed by atoms with Gasteiger partial charge in [-0.25, -0.2) is 4.98 Å². The summed E-state index contributed by atoms with van der Waals surface area (Å²) < 4.78 is 1.87. The molecule has 20 heavy (non-hydrogen) atoms. The fourth-order valence-corrected chi connectivity index (χ4v) is 2.09. The molecule has 0 aliphatic heterocycles. The standard InChI is InChI=1S/C14H15N5O/c1-19-5-4-16-13(19)8-17-14(20)12-7-9-6-10(15)2-3-11(9)18-12/h2-7,18H,8,15H2,1H3,(H,17,20). The molecule has 1 aromatic carbocycles. The molecule has 0 fully saturated rings. The molecule has 1 amide bonds. The molecule has 6 nitrogen and oxygen atoms in total. The summed E-state index contributed by atoms with van der Waals surface area (Å²) in [6, 6.07) is 7.29. The molecule has 0 unspecified atom stereocenters. The van der Waals surface area contributed by atoms with Crippen LogP contribution in [0.15, 0.2) is 36.7 Å². The van der Waals surface area contributed by atoms with Crippen molar-refractivity contribution < 1.29 is 4.79 Å². The number of carbonyl (C=O) groups is 1. The van der Waals surface area contributed by atoms with Gasteiger partial charge in [0.05, 0.1) is 6.54 Å². The van der Waals surface area contributed by atoms with Crippen molar-refractivity contribution in [3.63, 3.8) is 0 Å². The number of amides is 1. The van der Waals surface area contributed by atoms with Gasteiger partial charge in [-0.1, -0.05) is 0 Å². The highest BCUT2D eigenvalue weighted by Gasteiger charge is 2.10. The predicted octanol–water partition coefficient (Wildman–Crippen LogP) is 1.41. The molecule has 0 spiro atoms. The first-order chi connectivity index (χ1) is 9.63. The number of aryl methyl sites for hydroxylation is 1. The summed E-state index contributed by atoms with van der Waals surface area (Å²) in [5.41, 5.74) is 7.80. The van der Waals surface area contributed by atoms with Crippen LogP contribution >= 0.6 is 0 Å². The Bertz CT molecular complexity index is 771. The second-order valence-corrected chi connectivity index (χ2v) is 4.67. The van der Waals surface area contributed by atoms with Crippen LogP contribution in [-0.4, -0.2) is 20.4 Å². The van der Waals surface area contributed by atoms with Gasteiger partial charge in [0.15, 0.2) is 0 Å². The monoisotopic (exact) mass is 269 g/mol. The number of aromatic nitrogens is 3. The van der Waals surface area contributed by atoms with Crippen LogP contribution < -0.4 is 11.1 Å². The van der Waals surface area contributed by atoms with E-state index in [0.29, 0.717) is 17.9 Å². The molecule has 6 heteroatoms. The Labute approximate surface area is 115 Å². The minimum Gasteiger partial charge on any atom is -0.399 e. The lowest BCUT2D eigenvalue weighted by Crippen LogP contribution is -2.24. The van der Waals surface area contributed by atoms with Crippen LogP contribution in [0.25, 0.3) is 10.9 Å². The van der Waals surface area contributed by atoms with Crippen LogP contribution in [0.2, 0.25) is 0 Å². The topological polar surface area (TPSA) is 88.7 Å². The summed E-state index contributed by atoms with van der Waals surface area (Å²) in [7, 11) is 1.89.